The monoisotopic (exact) mass is 403 g/mol. The average Bonchev–Trinajstić information content (AvgIpc) is 2.71. The first-order valence-electron chi connectivity index (χ1n) is 5.93. The van der Waals surface area contributed by atoms with Crippen molar-refractivity contribution < 1.29 is 5.11 Å². The lowest BCUT2D eigenvalue weighted by molar-refractivity contribution is 0.147. The van der Waals surface area contributed by atoms with Gasteiger partial charge >= 0.3 is 0 Å². The van der Waals surface area contributed by atoms with Crippen LogP contribution in [0.3, 0.4) is 0 Å². The molecule has 0 aliphatic heterocycles. The normalized spacial score (nSPS) is 14.4. The third kappa shape index (κ3) is 3.28. The van der Waals surface area contributed by atoms with E-state index >= 15 is 0 Å². The standard InChI is InChI=1S/C14H15Br2NOS/c1-8-4-2-3-5-9(8)11(7-17)13(18)10-6-12(15)19-14(10)16/h2-6,11,13,18H,7,17H2,1H3. The number of nitrogens with two attached hydrogens (primary N) is 1. The van der Waals surface area contributed by atoms with Crippen molar-refractivity contribution in [2.24, 2.45) is 5.73 Å². The van der Waals surface area contributed by atoms with Crippen molar-refractivity contribution >= 4 is 43.2 Å². The lowest BCUT2D eigenvalue weighted by Crippen LogP contribution is -2.20. The Hall–Kier alpha value is -0.200. The number of halogens is 2. The second-order valence-corrected chi connectivity index (χ2v) is 8.17. The van der Waals surface area contributed by atoms with E-state index in [0.717, 1.165) is 24.3 Å². The summed E-state index contributed by atoms with van der Waals surface area (Å²) in [7, 11) is 0. The highest BCUT2D eigenvalue weighted by molar-refractivity contribution is 9.12. The van der Waals surface area contributed by atoms with Gasteiger partial charge in [-0.1, -0.05) is 24.3 Å². The molecule has 0 bridgehead atoms. The SMILES string of the molecule is Cc1ccccc1C(CN)C(O)c1cc(Br)sc1Br. The van der Waals surface area contributed by atoms with Crippen LogP contribution in [0.1, 0.15) is 28.7 Å². The lowest BCUT2D eigenvalue weighted by Gasteiger charge is -2.23. The number of hydrogen-bond acceptors (Lipinski definition) is 3. The van der Waals surface area contributed by atoms with Gasteiger partial charge < -0.3 is 10.8 Å². The highest BCUT2D eigenvalue weighted by atomic mass is 79.9. The molecule has 0 radical (unpaired) electrons. The Labute approximate surface area is 133 Å². The molecule has 0 spiro atoms. The number of rotatable bonds is 4. The van der Waals surface area contributed by atoms with E-state index in [2.05, 4.69) is 31.9 Å². The highest BCUT2D eigenvalue weighted by Crippen LogP contribution is 2.40. The highest BCUT2D eigenvalue weighted by Gasteiger charge is 2.25. The van der Waals surface area contributed by atoms with Crippen molar-refractivity contribution in [3.8, 4) is 0 Å². The molecule has 2 atom stereocenters. The Bertz CT molecular complexity index is 570. The molecule has 2 nitrogen and oxygen atoms in total. The summed E-state index contributed by atoms with van der Waals surface area (Å²) in [6.45, 7) is 2.45. The number of aliphatic hydroxyl groups excluding tert-OH is 1. The second-order valence-electron chi connectivity index (χ2n) is 4.42. The van der Waals surface area contributed by atoms with E-state index in [1.54, 1.807) is 11.3 Å². The lowest BCUT2D eigenvalue weighted by atomic mass is 9.88. The van der Waals surface area contributed by atoms with Gasteiger partial charge in [0.15, 0.2) is 0 Å². The smallest absolute Gasteiger partial charge is 0.0890 e. The predicted molar refractivity (Wildman–Crippen MR) is 87.7 cm³/mol. The van der Waals surface area contributed by atoms with Crippen LogP contribution < -0.4 is 5.73 Å². The van der Waals surface area contributed by atoms with Crippen LogP contribution in [0.4, 0.5) is 0 Å². The van der Waals surface area contributed by atoms with Gasteiger partial charge in [-0.3, -0.25) is 0 Å². The molecule has 0 aliphatic carbocycles. The van der Waals surface area contributed by atoms with Crippen molar-refractivity contribution in [3.63, 3.8) is 0 Å². The van der Waals surface area contributed by atoms with Crippen molar-refractivity contribution in [2.75, 3.05) is 6.54 Å². The van der Waals surface area contributed by atoms with Gasteiger partial charge in [-0.05, 0) is 56.0 Å². The largest absolute Gasteiger partial charge is 0.388 e. The van der Waals surface area contributed by atoms with E-state index in [4.69, 9.17) is 5.73 Å². The molecule has 0 saturated heterocycles. The zero-order valence-corrected chi connectivity index (χ0v) is 14.4. The van der Waals surface area contributed by atoms with Crippen LogP contribution in [0.2, 0.25) is 0 Å². The summed E-state index contributed by atoms with van der Waals surface area (Å²) in [6, 6.07) is 10.0. The summed E-state index contributed by atoms with van der Waals surface area (Å²) >= 11 is 8.49. The van der Waals surface area contributed by atoms with E-state index in [1.807, 2.05) is 37.3 Å². The maximum atomic E-state index is 10.6. The topological polar surface area (TPSA) is 46.2 Å². The molecule has 2 aromatic rings. The predicted octanol–water partition coefficient (Wildman–Crippen LogP) is 4.36. The summed E-state index contributed by atoms with van der Waals surface area (Å²) < 4.78 is 1.94. The molecule has 19 heavy (non-hydrogen) atoms. The van der Waals surface area contributed by atoms with Crippen molar-refractivity contribution in [2.45, 2.75) is 18.9 Å². The number of benzene rings is 1. The van der Waals surface area contributed by atoms with Gasteiger partial charge in [0.05, 0.1) is 13.7 Å². The van der Waals surface area contributed by atoms with Crippen LogP contribution in [-0.2, 0) is 0 Å². The molecular formula is C14H15Br2NOS. The van der Waals surface area contributed by atoms with E-state index in [9.17, 15) is 5.11 Å². The summed E-state index contributed by atoms with van der Waals surface area (Å²) in [5.74, 6) is -0.0981. The molecule has 0 aliphatic rings. The molecule has 0 amide bonds. The molecule has 1 aromatic carbocycles. The number of aliphatic hydroxyl groups is 1. The van der Waals surface area contributed by atoms with Gasteiger partial charge in [-0.15, -0.1) is 11.3 Å². The van der Waals surface area contributed by atoms with Crippen LogP contribution in [0.5, 0.6) is 0 Å². The van der Waals surface area contributed by atoms with Gasteiger partial charge in [0.2, 0.25) is 0 Å². The van der Waals surface area contributed by atoms with E-state index < -0.39 is 6.10 Å². The maximum Gasteiger partial charge on any atom is 0.0890 e. The third-order valence-corrected chi connectivity index (χ3v) is 5.61. The minimum absolute atomic E-state index is 0.0981. The zero-order valence-electron chi connectivity index (χ0n) is 10.4. The maximum absolute atomic E-state index is 10.6. The van der Waals surface area contributed by atoms with Gasteiger partial charge in [-0.2, -0.15) is 0 Å². The molecule has 1 heterocycles. The van der Waals surface area contributed by atoms with Gasteiger partial charge in [0.1, 0.15) is 0 Å². The Morgan fingerprint density at radius 1 is 1.26 bits per heavy atom. The number of aryl methyl sites for hydroxylation is 1. The zero-order chi connectivity index (χ0) is 14.0. The number of hydrogen-bond donors (Lipinski definition) is 2. The molecule has 0 saturated carbocycles. The summed E-state index contributed by atoms with van der Waals surface area (Å²) in [5.41, 5.74) is 9.03. The minimum atomic E-state index is -0.608. The Morgan fingerprint density at radius 3 is 2.47 bits per heavy atom. The first kappa shape index (κ1) is 15.2. The van der Waals surface area contributed by atoms with Gasteiger partial charge in [0, 0.05) is 18.0 Å². The molecule has 0 fully saturated rings. The average molecular weight is 405 g/mol. The van der Waals surface area contributed by atoms with Crippen LogP contribution >= 0.6 is 43.2 Å². The van der Waals surface area contributed by atoms with E-state index in [1.165, 1.54) is 0 Å². The fourth-order valence-corrected chi connectivity index (χ4v) is 5.11. The third-order valence-electron chi connectivity index (χ3n) is 3.22. The summed E-state index contributed by atoms with van der Waals surface area (Å²) in [6.07, 6.45) is -0.608. The first-order chi connectivity index (χ1) is 9.04. The Kier molecular flexibility index (Phi) is 5.20. The van der Waals surface area contributed by atoms with Crippen molar-refractivity contribution in [3.05, 3.63) is 54.6 Å². The van der Waals surface area contributed by atoms with E-state index in [-0.39, 0.29) is 5.92 Å². The molecule has 1 aromatic heterocycles. The van der Waals surface area contributed by atoms with Crippen LogP contribution in [0, 0.1) is 6.92 Å². The fraction of sp³-hybridized carbons (Fsp3) is 0.286. The van der Waals surface area contributed by atoms with Gasteiger partial charge in [0.25, 0.3) is 0 Å². The van der Waals surface area contributed by atoms with E-state index in [0.29, 0.717) is 6.54 Å². The Balaban J connectivity index is 2.37. The Morgan fingerprint density at radius 2 is 1.95 bits per heavy atom. The molecule has 3 N–H and O–H groups in total. The van der Waals surface area contributed by atoms with Crippen molar-refractivity contribution in [1.82, 2.24) is 0 Å². The summed E-state index contributed by atoms with van der Waals surface area (Å²) in [5, 5.41) is 10.6. The molecule has 2 rings (SSSR count). The van der Waals surface area contributed by atoms with Gasteiger partial charge in [-0.25, -0.2) is 0 Å². The fourth-order valence-electron chi connectivity index (χ4n) is 2.20. The molecule has 102 valence electrons. The quantitative estimate of drug-likeness (QED) is 0.795. The van der Waals surface area contributed by atoms with Crippen LogP contribution in [0.15, 0.2) is 37.9 Å². The molecule has 2 unspecified atom stereocenters. The minimum Gasteiger partial charge on any atom is -0.388 e. The van der Waals surface area contributed by atoms with Crippen LogP contribution in [-0.4, -0.2) is 11.7 Å². The first-order valence-corrected chi connectivity index (χ1v) is 8.33. The summed E-state index contributed by atoms with van der Waals surface area (Å²) in [4.78, 5) is 0. The molecule has 5 heteroatoms. The second kappa shape index (κ2) is 6.50. The van der Waals surface area contributed by atoms with Crippen LogP contribution in [0.25, 0.3) is 0 Å². The number of thiophene rings is 1. The van der Waals surface area contributed by atoms with Crippen molar-refractivity contribution in [1.29, 1.82) is 0 Å². The molecular weight excluding hydrogens is 390 g/mol.